The van der Waals surface area contributed by atoms with E-state index >= 15 is 0 Å². The van der Waals surface area contributed by atoms with E-state index in [0.29, 0.717) is 23.6 Å². The minimum atomic E-state index is -0.253. The number of carbonyl (C=O) groups excluding carboxylic acids is 1. The summed E-state index contributed by atoms with van der Waals surface area (Å²) < 4.78 is 5.46. The number of hydrogen-bond acceptors (Lipinski definition) is 3. The summed E-state index contributed by atoms with van der Waals surface area (Å²) in [5.41, 5.74) is 0.637. The summed E-state index contributed by atoms with van der Waals surface area (Å²) in [5.74, 6) is 0.248. The maximum Gasteiger partial charge on any atom is 0.287 e. The zero-order chi connectivity index (χ0) is 13.8. The summed E-state index contributed by atoms with van der Waals surface area (Å²) >= 11 is 5.88. The fraction of sp³-hybridized carbons (Fsp3) is 0.357. The summed E-state index contributed by atoms with van der Waals surface area (Å²) in [6, 6.07) is 6.89. The van der Waals surface area contributed by atoms with Crippen LogP contribution < -0.4 is 5.32 Å². The SMILES string of the molecule is CC(CCO)CNC(=O)c1cc2cc(Cl)ccc2o1. The van der Waals surface area contributed by atoms with Crippen LogP contribution in [0.2, 0.25) is 5.02 Å². The monoisotopic (exact) mass is 281 g/mol. The molecule has 1 aromatic carbocycles. The number of aliphatic hydroxyl groups excluding tert-OH is 1. The topological polar surface area (TPSA) is 62.5 Å². The normalized spacial score (nSPS) is 12.6. The number of furan rings is 1. The van der Waals surface area contributed by atoms with Crippen molar-refractivity contribution >= 4 is 28.5 Å². The van der Waals surface area contributed by atoms with Gasteiger partial charge < -0.3 is 14.8 Å². The van der Waals surface area contributed by atoms with Crippen molar-refractivity contribution in [3.63, 3.8) is 0 Å². The van der Waals surface area contributed by atoms with Crippen LogP contribution in [0.4, 0.5) is 0 Å². The van der Waals surface area contributed by atoms with Gasteiger partial charge in [-0.1, -0.05) is 18.5 Å². The summed E-state index contributed by atoms with van der Waals surface area (Å²) in [6.07, 6.45) is 0.663. The molecule has 0 saturated carbocycles. The van der Waals surface area contributed by atoms with Gasteiger partial charge in [0.1, 0.15) is 5.58 Å². The zero-order valence-electron chi connectivity index (χ0n) is 10.6. The Morgan fingerprint density at radius 3 is 3.00 bits per heavy atom. The molecule has 2 aromatic rings. The molecule has 0 aliphatic rings. The minimum Gasteiger partial charge on any atom is -0.451 e. The van der Waals surface area contributed by atoms with Gasteiger partial charge in [0.25, 0.3) is 5.91 Å². The molecule has 2 rings (SSSR count). The van der Waals surface area contributed by atoms with E-state index in [4.69, 9.17) is 21.1 Å². The molecule has 1 unspecified atom stereocenters. The van der Waals surface area contributed by atoms with E-state index in [-0.39, 0.29) is 24.2 Å². The summed E-state index contributed by atoms with van der Waals surface area (Å²) in [7, 11) is 0. The molecule has 2 N–H and O–H groups in total. The van der Waals surface area contributed by atoms with Crippen molar-refractivity contribution in [3.8, 4) is 0 Å². The number of fused-ring (bicyclic) bond motifs is 1. The Bertz CT molecular complexity index is 579. The molecule has 0 saturated heterocycles. The lowest BCUT2D eigenvalue weighted by molar-refractivity contribution is 0.0920. The van der Waals surface area contributed by atoms with Crippen LogP contribution in [-0.2, 0) is 0 Å². The molecule has 0 aliphatic heterocycles. The van der Waals surface area contributed by atoms with Gasteiger partial charge in [0.15, 0.2) is 5.76 Å². The Kier molecular flexibility index (Phi) is 4.45. The molecule has 0 spiro atoms. The van der Waals surface area contributed by atoms with Gasteiger partial charge in [0.05, 0.1) is 0 Å². The average Bonchev–Trinajstić information content (AvgIpc) is 2.79. The number of halogens is 1. The fourth-order valence-corrected chi connectivity index (χ4v) is 1.98. The highest BCUT2D eigenvalue weighted by Gasteiger charge is 2.13. The Hall–Kier alpha value is -1.52. The van der Waals surface area contributed by atoms with E-state index in [1.807, 2.05) is 6.92 Å². The summed E-state index contributed by atoms with van der Waals surface area (Å²) in [6.45, 7) is 2.60. The second-order valence-electron chi connectivity index (χ2n) is 4.62. The molecular formula is C14H16ClNO3. The number of nitrogens with one attached hydrogen (secondary N) is 1. The van der Waals surface area contributed by atoms with Crippen LogP contribution in [0.5, 0.6) is 0 Å². The van der Waals surface area contributed by atoms with Gasteiger partial charge in [-0.2, -0.15) is 0 Å². The molecule has 1 atom stereocenters. The molecule has 1 heterocycles. The quantitative estimate of drug-likeness (QED) is 0.886. The van der Waals surface area contributed by atoms with Gasteiger partial charge in [-0.3, -0.25) is 4.79 Å². The first-order valence-corrected chi connectivity index (χ1v) is 6.56. The predicted octanol–water partition coefficient (Wildman–Crippen LogP) is 2.83. The number of rotatable bonds is 5. The molecule has 102 valence electrons. The molecule has 19 heavy (non-hydrogen) atoms. The van der Waals surface area contributed by atoms with E-state index in [9.17, 15) is 4.79 Å². The summed E-state index contributed by atoms with van der Waals surface area (Å²) in [4.78, 5) is 11.9. The highest BCUT2D eigenvalue weighted by Crippen LogP contribution is 2.22. The van der Waals surface area contributed by atoms with Crippen molar-refractivity contribution < 1.29 is 14.3 Å². The molecular weight excluding hydrogens is 266 g/mol. The second-order valence-corrected chi connectivity index (χ2v) is 5.06. The van der Waals surface area contributed by atoms with Crippen molar-refractivity contribution in [2.24, 2.45) is 5.92 Å². The lowest BCUT2D eigenvalue weighted by Gasteiger charge is -2.09. The zero-order valence-corrected chi connectivity index (χ0v) is 11.4. The largest absolute Gasteiger partial charge is 0.451 e. The predicted molar refractivity (Wildman–Crippen MR) is 74.4 cm³/mol. The highest BCUT2D eigenvalue weighted by molar-refractivity contribution is 6.31. The first kappa shape index (κ1) is 13.9. The average molecular weight is 282 g/mol. The van der Waals surface area contributed by atoms with Crippen LogP contribution >= 0.6 is 11.6 Å². The highest BCUT2D eigenvalue weighted by atomic mass is 35.5. The number of amides is 1. The molecule has 5 heteroatoms. The van der Waals surface area contributed by atoms with Crippen LogP contribution in [-0.4, -0.2) is 24.2 Å². The Balaban J connectivity index is 2.05. The Labute approximate surface area is 116 Å². The van der Waals surface area contributed by atoms with Crippen molar-refractivity contribution in [2.45, 2.75) is 13.3 Å². The molecule has 0 radical (unpaired) electrons. The van der Waals surface area contributed by atoms with Gasteiger partial charge in [-0.15, -0.1) is 0 Å². The molecule has 4 nitrogen and oxygen atoms in total. The maximum absolute atomic E-state index is 11.9. The Morgan fingerprint density at radius 2 is 2.26 bits per heavy atom. The number of aliphatic hydroxyl groups is 1. The van der Waals surface area contributed by atoms with Crippen LogP contribution in [0.1, 0.15) is 23.9 Å². The third-order valence-electron chi connectivity index (χ3n) is 2.94. The third kappa shape index (κ3) is 3.49. The van der Waals surface area contributed by atoms with E-state index < -0.39 is 0 Å². The van der Waals surface area contributed by atoms with Crippen LogP contribution in [0.15, 0.2) is 28.7 Å². The van der Waals surface area contributed by atoms with Gasteiger partial charge in [-0.05, 0) is 36.6 Å². The fourth-order valence-electron chi connectivity index (χ4n) is 1.80. The Morgan fingerprint density at radius 1 is 1.47 bits per heavy atom. The van der Waals surface area contributed by atoms with Crippen molar-refractivity contribution in [1.29, 1.82) is 0 Å². The van der Waals surface area contributed by atoms with E-state index in [1.165, 1.54) is 0 Å². The van der Waals surface area contributed by atoms with Crippen molar-refractivity contribution in [2.75, 3.05) is 13.2 Å². The van der Waals surface area contributed by atoms with E-state index in [2.05, 4.69) is 5.32 Å². The first-order chi connectivity index (χ1) is 9.10. The molecule has 0 fully saturated rings. The smallest absolute Gasteiger partial charge is 0.287 e. The number of benzene rings is 1. The lowest BCUT2D eigenvalue weighted by atomic mass is 10.1. The molecule has 1 amide bonds. The number of carbonyl (C=O) groups is 1. The summed E-state index contributed by atoms with van der Waals surface area (Å²) in [5, 5.41) is 13.0. The van der Waals surface area contributed by atoms with Gasteiger partial charge in [0.2, 0.25) is 0 Å². The van der Waals surface area contributed by atoms with Gasteiger partial charge in [-0.25, -0.2) is 0 Å². The molecule has 1 aromatic heterocycles. The van der Waals surface area contributed by atoms with E-state index in [0.717, 1.165) is 5.39 Å². The molecule has 0 bridgehead atoms. The first-order valence-electron chi connectivity index (χ1n) is 6.18. The van der Waals surface area contributed by atoms with Crippen LogP contribution in [0.3, 0.4) is 0 Å². The van der Waals surface area contributed by atoms with Crippen molar-refractivity contribution in [3.05, 3.63) is 35.0 Å². The van der Waals surface area contributed by atoms with E-state index in [1.54, 1.807) is 24.3 Å². The maximum atomic E-state index is 11.9. The number of hydrogen-bond donors (Lipinski definition) is 2. The van der Waals surface area contributed by atoms with Crippen LogP contribution in [0, 0.1) is 5.92 Å². The van der Waals surface area contributed by atoms with Gasteiger partial charge >= 0.3 is 0 Å². The van der Waals surface area contributed by atoms with Crippen molar-refractivity contribution in [1.82, 2.24) is 5.32 Å². The second kappa shape index (κ2) is 6.08. The van der Waals surface area contributed by atoms with Gasteiger partial charge in [0, 0.05) is 23.6 Å². The third-order valence-corrected chi connectivity index (χ3v) is 3.17. The lowest BCUT2D eigenvalue weighted by Crippen LogP contribution is -2.28. The minimum absolute atomic E-state index is 0.125. The van der Waals surface area contributed by atoms with Crippen LogP contribution in [0.25, 0.3) is 11.0 Å². The molecule has 0 aliphatic carbocycles. The standard InChI is InChI=1S/C14H16ClNO3/c1-9(4-5-17)8-16-14(18)13-7-10-6-11(15)2-3-12(10)19-13/h2-3,6-7,9,17H,4-5,8H2,1H3,(H,16,18).